The van der Waals surface area contributed by atoms with Crippen molar-refractivity contribution in [2.24, 2.45) is 11.5 Å². The Bertz CT molecular complexity index is 2200. The van der Waals surface area contributed by atoms with Crippen LogP contribution < -0.4 is 27.4 Å². The van der Waals surface area contributed by atoms with Crippen LogP contribution in [-0.2, 0) is 46.1 Å². The predicted molar refractivity (Wildman–Crippen MR) is 220 cm³/mol. The summed E-state index contributed by atoms with van der Waals surface area (Å²) in [6.45, 7) is 0.958. The Morgan fingerprint density at radius 1 is 0.862 bits per heavy atom. The van der Waals surface area contributed by atoms with E-state index < -0.39 is 52.0 Å². The Labute approximate surface area is 339 Å². The van der Waals surface area contributed by atoms with Gasteiger partial charge in [0.1, 0.15) is 21.9 Å². The summed E-state index contributed by atoms with van der Waals surface area (Å²) in [5, 5.41) is 10.6. The van der Waals surface area contributed by atoms with Gasteiger partial charge in [-0.25, -0.2) is 9.19 Å². The van der Waals surface area contributed by atoms with Gasteiger partial charge in [-0.1, -0.05) is 61.0 Å². The van der Waals surface area contributed by atoms with Crippen LogP contribution >= 0.6 is 0 Å². The highest BCUT2D eigenvalue weighted by Gasteiger charge is 2.39. The molecule has 0 spiro atoms. The summed E-state index contributed by atoms with van der Waals surface area (Å²) in [6.07, 6.45) is 1.52. The van der Waals surface area contributed by atoms with Crippen LogP contribution in [0, 0.1) is 0 Å². The van der Waals surface area contributed by atoms with E-state index in [-0.39, 0.29) is 41.1 Å². The number of hydrogen-bond donors (Lipinski definition) is 6. The van der Waals surface area contributed by atoms with E-state index in [4.69, 9.17) is 11.5 Å². The number of nitrogens with one attached hydrogen (secondary N) is 4. The molecular weight excluding hydrogens is 766 g/mol. The van der Waals surface area contributed by atoms with Crippen molar-refractivity contribution in [2.75, 3.05) is 26.7 Å². The Hall–Kier alpha value is -4.93. The van der Waals surface area contributed by atoms with Gasteiger partial charge in [-0.2, -0.15) is 13.2 Å². The number of alkyl halides is 3. The average molecular weight is 817 g/mol. The molecule has 0 aliphatic carbocycles. The number of nitrogens with zero attached hydrogens (tertiary/aromatic N) is 2. The number of unbranched alkanes of at least 4 members (excludes halogenated alkanes) is 1. The van der Waals surface area contributed by atoms with Gasteiger partial charge >= 0.3 is 6.18 Å². The van der Waals surface area contributed by atoms with Crippen LogP contribution in [0.5, 0.6) is 0 Å². The molecule has 15 heteroatoms. The van der Waals surface area contributed by atoms with Crippen LogP contribution in [-0.4, -0.2) is 75.7 Å². The molecule has 2 aromatic heterocycles. The number of aromatic nitrogens is 2. The van der Waals surface area contributed by atoms with Gasteiger partial charge in [-0.05, 0) is 85.3 Å². The summed E-state index contributed by atoms with van der Waals surface area (Å²) < 4.78 is 60.3. The van der Waals surface area contributed by atoms with Crippen LogP contribution in [0.3, 0.4) is 0 Å². The summed E-state index contributed by atoms with van der Waals surface area (Å²) in [7, 11) is -0.852. The van der Waals surface area contributed by atoms with Gasteiger partial charge in [-0.15, -0.1) is 0 Å². The molecule has 0 radical (unpaired) electrons. The molecule has 58 heavy (non-hydrogen) atoms. The van der Waals surface area contributed by atoms with Crippen molar-refractivity contribution in [3.8, 4) is 11.1 Å². The number of H-pyrrole nitrogens is 1. The summed E-state index contributed by atoms with van der Waals surface area (Å²) in [5.41, 5.74) is 13.5. The number of benzene rings is 3. The number of rotatable bonds is 10. The van der Waals surface area contributed by atoms with Gasteiger partial charge < -0.3 is 37.3 Å². The molecular formula is C43H51F3N8O3S. The molecule has 0 saturated heterocycles. The lowest BCUT2D eigenvalue weighted by molar-refractivity contribution is -0.141. The van der Waals surface area contributed by atoms with Crippen LogP contribution in [0.25, 0.3) is 22.0 Å². The number of nitrogens with two attached hydrogens (primary N) is 2. The first-order chi connectivity index (χ1) is 28.0. The molecule has 1 aliphatic rings. The molecule has 1 aliphatic heterocycles. The molecule has 0 fully saturated rings. The fourth-order valence-electron chi connectivity index (χ4n) is 7.47. The Morgan fingerprint density at radius 3 is 2.38 bits per heavy atom. The highest BCUT2D eigenvalue weighted by atomic mass is 32.2. The Morgan fingerprint density at radius 2 is 1.62 bits per heavy atom. The number of likely N-dealkylation sites (N-methyl/N-ethyl adjacent to an activating group) is 1. The second-order valence-corrected chi connectivity index (χ2v) is 15.9. The molecule has 3 heterocycles. The first kappa shape index (κ1) is 42.7. The van der Waals surface area contributed by atoms with Crippen LogP contribution in [0.1, 0.15) is 54.4 Å². The Kier molecular flexibility index (Phi) is 14.5. The van der Waals surface area contributed by atoms with E-state index in [9.17, 15) is 13.8 Å². The van der Waals surface area contributed by atoms with Crippen LogP contribution in [0.4, 0.5) is 13.2 Å². The third-order valence-electron chi connectivity index (χ3n) is 10.6. The van der Waals surface area contributed by atoms with Gasteiger partial charge in [0, 0.05) is 68.0 Å². The number of para-hydroxylation sites is 1. The zero-order chi connectivity index (χ0) is 41.2. The minimum Gasteiger partial charge on any atom is -0.361 e. The smallest absolute Gasteiger partial charge is 0.361 e. The minimum atomic E-state index is -4.91. The number of amides is 2. The molecule has 1 unspecified atom stereocenters. The maximum absolute atomic E-state index is 15.2. The van der Waals surface area contributed by atoms with Crippen molar-refractivity contribution in [3.63, 3.8) is 0 Å². The molecule has 308 valence electrons. The summed E-state index contributed by atoms with van der Waals surface area (Å²) >= 11 is 0. The third-order valence-corrected chi connectivity index (χ3v) is 12.2. The molecule has 0 bridgehead atoms. The van der Waals surface area contributed by atoms with Gasteiger partial charge in [0.25, 0.3) is 0 Å². The molecule has 4 atom stereocenters. The van der Waals surface area contributed by atoms with E-state index >= 15 is 13.2 Å². The van der Waals surface area contributed by atoms with Crippen molar-refractivity contribution in [2.45, 2.75) is 85.8 Å². The van der Waals surface area contributed by atoms with Crippen molar-refractivity contribution in [1.82, 2.24) is 30.8 Å². The van der Waals surface area contributed by atoms with E-state index in [1.165, 1.54) is 17.2 Å². The first-order valence-electron chi connectivity index (χ1n) is 19.6. The van der Waals surface area contributed by atoms with Crippen molar-refractivity contribution < 1.29 is 27.0 Å². The largest absolute Gasteiger partial charge is 0.417 e. The minimum absolute atomic E-state index is 0.0104. The van der Waals surface area contributed by atoms with E-state index in [0.717, 1.165) is 22.5 Å². The summed E-state index contributed by atoms with van der Waals surface area (Å²) in [4.78, 5) is 37.7. The standard InChI is InChI=1S/C43H51F3N8O3S/c1-54-38(23-31-25-51-36-16-6-5-15-34(31)36)40(55)53-26-32-21-30(28-11-3-2-4-12-28)22-35(43(44,45)46)39(32)58(57)41-29(13-10-20-49-41)24-50-33(14-9-19-48)27-52-37(42(54)56)17-7-8-18-47/h2-6,10-13,15-16,20-22,25,33,37-38,50-52H,7-9,14,17-19,23-24,26-27,47-48H2,1H3,(H,53,55)/t33-,37-,38-,58?/m0/s1. The zero-order valence-corrected chi connectivity index (χ0v) is 33.3. The second-order valence-electron chi connectivity index (χ2n) is 14.6. The van der Waals surface area contributed by atoms with Gasteiger partial charge in [-0.3, -0.25) is 9.59 Å². The number of pyridine rings is 1. The van der Waals surface area contributed by atoms with Crippen molar-refractivity contribution >= 4 is 33.5 Å². The number of carbonyl (C=O) groups excluding carboxylic acids is 2. The number of fused-ring (bicyclic) bond motifs is 3. The third kappa shape index (κ3) is 10.2. The maximum Gasteiger partial charge on any atom is 0.417 e. The Balaban J connectivity index is 1.50. The first-order valence-corrected chi connectivity index (χ1v) is 20.8. The fourth-order valence-corrected chi connectivity index (χ4v) is 8.94. The lowest BCUT2D eigenvalue weighted by Gasteiger charge is -2.32. The van der Waals surface area contributed by atoms with Crippen molar-refractivity contribution in [3.05, 3.63) is 114 Å². The topological polar surface area (TPSA) is 171 Å². The van der Waals surface area contributed by atoms with Crippen LogP contribution in [0.15, 0.2) is 101 Å². The quantitative estimate of drug-likeness (QED) is 0.102. The lowest BCUT2D eigenvalue weighted by atomic mass is 9.98. The molecule has 8 N–H and O–H groups in total. The second kappa shape index (κ2) is 19.7. The van der Waals surface area contributed by atoms with Gasteiger partial charge in [0.2, 0.25) is 11.8 Å². The van der Waals surface area contributed by atoms with Crippen molar-refractivity contribution in [1.29, 1.82) is 0 Å². The number of hydrogen-bond acceptors (Lipinski definition) is 8. The lowest BCUT2D eigenvalue weighted by Crippen LogP contribution is -2.55. The van der Waals surface area contributed by atoms with E-state index in [2.05, 4.69) is 25.9 Å². The van der Waals surface area contributed by atoms with Gasteiger partial charge in [0.05, 0.1) is 16.5 Å². The highest BCUT2D eigenvalue weighted by Crippen LogP contribution is 2.40. The van der Waals surface area contributed by atoms with Crippen LogP contribution in [0.2, 0.25) is 0 Å². The molecule has 6 rings (SSSR count). The summed E-state index contributed by atoms with van der Waals surface area (Å²) in [5.74, 6) is -0.886. The van der Waals surface area contributed by atoms with E-state index in [1.54, 1.807) is 55.7 Å². The monoisotopic (exact) mass is 816 g/mol. The van der Waals surface area contributed by atoms with E-state index in [1.807, 2.05) is 24.3 Å². The molecule has 3 aromatic carbocycles. The maximum atomic E-state index is 15.2. The summed E-state index contributed by atoms with van der Waals surface area (Å²) in [6, 6.07) is 20.1. The van der Waals surface area contributed by atoms with Gasteiger partial charge in [0.15, 0.2) is 0 Å². The molecule has 0 saturated carbocycles. The molecule has 2 amide bonds. The highest BCUT2D eigenvalue weighted by molar-refractivity contribution is 7.85. The SMILES string of the molecule is CN1C(=O)[C@H](CCCCN)NC[C@H](CCCN)NCc2cccnc2S(=O)c2c(cc(-c3ccccc3)cc2C(F)(F)F)CNC(=O)[C@@H]1Cc1c[nH]c2ccccc12. The van der Waals surface area contributed by atoms with E-state index in [0.29, 0.717) is 62.9 Å². The fraction of sp³-hybridized carbons (Fsp3) is 0.372. The number of aromatic amines is 1. The predicted octanol–water partition coefficient (Wildman–Crippen LogP) is 5.40. The number of halogens is 3. The average Bonchev–Trinajstić information content (AvgIpc) is 3.65. The number of carbonyl (C=O) groups is 2. The molecule has 5 aromatic rings. The molecule has 11 nitrogen and oxygen atoms in total. The zero-order valence-electron chi connectivity index (χ0n) is 32.5. The normalized spacial score (nSPS) is 20.0.